The van der Waals surface area contributed by atoms with E-state index in [1.54, 1.807) is 0 Å². The van der Waals surface area contributed by atoms with Crippen molar-refractivity contribution in [1.29, 1.82) is 0 Å². The minimum atomic E-state index is 0.000319. The Morgan fingerprint density at radius 3 is 2.72 bits per heavy atom. The van der Waals surface area contributed by atoms with Gasteiger partial charge < -0.3 is 20.0 Å². The van der Waals surface area contributed by atoms with E-state index in [2.05, 4.69) is 53.5 Å². The van der Waals surface area contributed by atoms with Crippen LogP contribution in [0.3, 0.4) is 0 Å². The number of piperidine rings is 1. The van der Waals surface area contributed by atoms with Crippen molar-refractivity contribution >= 4 is 28.6 Å². The van der Waals surface area contributed by atoms with Crippen molar-refractivity contribution < 1.29 is 14.5 Å². The largest absolute Gasteiger partial charge is 0.411 e. The molecule has 1 aliphatic heterocycles. The number of aromatic amines is 1. The summed E-state index contributed by atoms with van der Waals surface area (Å²) in [6, 6.07) is 8.14. The quantitative estimate of drug-likeness (QED) is 0.558. The average Bonchev–Trinajstić information content (AvgIpc) is 3.23. The van der Waals surface area contributed by atoms with Crippen molar-refractivity contribution in [3.63, 3.8) is 0 Å². The molecule has 1 fully saturated rings. The van der Waals surface area contributed by atoms with E-state index in [-0.39, 0.29) is 28.8 Å². The second-order valence-electron chi connectivity index (χ2n) is 9.20. The normalized spacial score (nSPS) is 18.8. The summed E-state index contributed by atoms with van der Waals surface area (Å²) in [4.78, 5) is 15.7. The Morgan fingerprint density at radius 1 is 1.24 bits per heavy atom. The fourth-order valence-electron chi connectivity index (χ4n) is 4.64. The zero-order valence-corrected chi connectivity index (χ0v) is 18.1. The van der Waals surface area contributed by atoms with E-state index in [4.69, 9.17) is 4.42 Å². The number of nitrogens with one attached hydrogen (secondary N) is 2. The first-order valence-corrected chi connectivity index (χ1v) is 10.9. The minimum Gasteiger partial charge on any atom is -0.411 e. The van der Waals surface area contributed by atoms with E-state index in [0.29, 0.717) is 11.1 Å². The molecular formula is C21H28N5O2S+. The van der Waals surface area contributed by atoms with Crippen LogP contribution in [0.5, 0.6) is 0 Å². The maximum Gasteiger partial charge on any atom is 0.277 e. The predicted octanol–water partition coefficient (Wildman–Crippen LogP) is 2.71. The number of nitrogens with two attached hydrogens (primary N) is 1. The van der Waals surface area contributed by atoms with E-state index in [1.165, 1.54) is 11.8 Å². The van der Waals surface area contributed by atoms with Gasteiger partial charge in [0.05, 0.1) is 22.4 Å². The van der Waals surface area contributed by atoms with Crippen LogP contribution in [0.25, 0.3) is 22.4 Å². The second-order valence-corrected chi connectivity index (χ2v) is 10.1. The average molecular weight is 415 g/mol. The van der Waals surface area contributed by atoms with Gasteiger partial charge in [-0.2, -0.15) is 0 Å². The highest BCUT2D eigenvalue weighted by molar-refractivity contribution is 7.99. The third-order valence-corrected chi connectivity index (χ3v) is 6.06. The molecule has 4 rings (SSSR count). The Hall–Kier alpha value is -2.32. The molecule has 0 aliphatic carbocycles. The summed E-state index contributed by atoms with van der Waals surface area (Å²) in [5, 5.41) is 15.3. The Kier molecular flexibility index (Phi) is 5.16. The molecule has 2 aromatic heterocycles. The fraction of sp³-hybridized carbons (Fsp3) is 0.476. The Morgan fingerprint density at radius 2 is 1.97 bits per heavy atom. The molecule has 0 spiro atoms. The van der Waals surface area contributed by atoms with E-state index in [1.807, 2.05) is 30.5 Å². The van der Waals surface area contributed by atoms with Gasteiger partial charge in [-0.3, -0.25) is 4.79 Å². The van der Waals surface area contributed by atoms with Gasteiger partial charge in [-0.15, -0.1) is 10.2 Å². The van der Waals surface area contributed by atoms with E-state index in [9.17, 15) is 4.79 Å². The molecule has 0 radical (unpaired) electrons. The van der Waals surface area contributed by atoms with Crippen LogP contribution in [0.1, 0.15) is 40.5 Å². The van der Waals surface area contributed by atoms with E-state index < -0.39 is 0 Å². The van der Waals surface area contributed by atoms with Gasteiger partial charge in [-0.1, -0.05) is 30.0 Å². The zero-order valence-electron chi connectivity index (χ0n) is 17.3. The predicted molar refractivity (Wildman–Crippen MR) is 114 cm³/mol. The Bertz CT molecular complexity index is 1010. The maximum absolute atomic E-state index is 12.5. The smallest absolute Gasteiger partial charge is 0.277 e. The first-order valence-electron chi connectivity index (χ1n) is 9.90. The second kappa shape index (κ2) is 7.50. The van der Waals surface area contributed by atoms with Crippen molar-refractivity contribution in [3.05, 3.63) is 30.5 Å². The number of hydrogen-bond acceptors (Lipinski definition) is 5. The number of aromatic nitrogens is 3. The summed E-state index contributed by atoms with van der Waals surface area (Å²) in [7, 11) is 0. The van der Waals surface area contributed by atoms with Crippen molar-refractivity contribution in [2.45, 2.75) is 62.9 Å². The Labute approximate surface area is 174 Å². The van der Waals surface area contributed by atoms with Gasteiger partial charge in [0, 0.05) is 36.0 Å². The molecule has 0 atom stereocenters. The SMILES string of the molecule is CC1(C)CC(NC(=O)CSc2nnc(-c3c[nH]c4ccccc34)o2)CC(C)(C)[NH2+]1. The first kappa shape index (κ1) is 20.0. The zero-order chi connectivity index (χ0) is 20.6. The summed E-state index contributed by atoms with van der Waals surface area (Å²) in [5.74, 6) is 0.716. The monoisotopic (exact) mass is 414 g/mol. The van der Waals surface area contributed by atoms with Crippen LogP contribution in [0.15, 0.2) is 40.1 Å². The number of carbonyl (C=O) groups excluding carboxylic acids is 1. The van der Waals surface area contributed by atoms with Gasteiger partial charge in [0.1, 0.15) is 0 Å². The van der Waals surface area contributed by atoms with Gasteiger partial charge in [-0.25, -0.2) is 0 Å². The number of carbonyl (C=O) groups is 1. The molecule has 8 heteroatoms. The number of rotatable bonds is 5. The van der Waals surface area contributed by atoms with Gasteiger partial charge in [0.2, 0.25) is 5.91 Å². The summed E-state index contributed by atoms with van der Waals surface area (Å²) in [6.45, 7) is 8.91. The molecule has 1 amide bonds. The van der Waals surface area contributed by atoms with Crippen LogP contribution in [0, 0.1) is 0 Å². The summed E-state index contributed by atoms with van der Waals surface area (Å²) < 4.78 is 5.78. The van der Waals surface area contributed by atoms with Gasteiger partial charge in [0.15, 0.2) is 0 Å². The minimum absolute atomic E-state index is 0.000319. The Balaban J connectivity index is 1.36. The van der Waals surface area contributed by atoms with Crippen LogP contribution in [0.4, 0.5) is 0 Å². The highest BCUT2D eigenvalue weighted by atomic mass is 32.2. The van der Waals surface area contributed by atoms with Crippen molar-refractivity contribution in [3.8, 4) is 11.5 Å². The standard InChI is InChI=1S/C21H27N5O2S/c1-20(2)9-13(10-21(3,4)26-20)23-17(27)12-29-19-25-24-18(28-19)15-11-22-16-8-6-5-7-14(15)16/h5-8,11,13,22,26H,9-10,12H2,1-4H3,(H,23,27)/p+1. The fourth-order valence-corrected chi connectivity index (χ4v) is 5.22. The molecule has 1 aliphatic rings. The highest BCUT2D eigenvalue weighted by Gasteiger charge is 2.42. The number of amides is 1. The lowest BCUT2D eigenvalue weighted by molar-refractivity contribution is -0.787. The molecule has 0 bridgehead atoms. The summed E-state index contributed by atoms with van der Waals surface area (Å²) in [6.07, 6.45) is 3.78. The highest BCUT2D eigenvalue weighted by Crippen LogP contribution is 2.29. The molecule has 154 valence electrons. The third-order valence-electron chi connectivity index (χ3n) is 5.24. The van der Waals surface area contributed by atoms with Gasteiger partial charge in [0.25, 0.3) is 11.1 Å². The van der Waals surface area contributed by atoms with Crippen molar-refractivity contribution in [2.24, 2.45) is 0 Å². The lowest BCUT2D eigenvalue weighted by Crippen LogP contribution is -3.06. The van der Waals surface area contributed by atoms with Crippen LogP contribution < -0.4 is 10.6 Å². The molecule has 4 N–H and O–H groups in total. The molecule has 7 nitrogen and oxygen atoms in total. The number of quaternary nitrogens is 1. The lowest BCUT2D eigenvalue weighted by Gasteiger charge is -2.43. The van der Waals surface area contributed by atoms with Gasteiger partial charge >= 0.3 is 0 Å². The molecule has 29 heavy (non-hydrogen) atoms. The maximum atomic E-state index is 12.5. The molecule has 3 heterocycles. The summed E-state index contributed by atoms with van der Waals surface area (Å²) in [5.41, 5.74) is 2.12. The molecular weight excluding hydrogens is 386 g/mol. The number of fused-ring (bicyclic) bond motifs is 1. The number of hydrogen-bond donors (Lipinski definition) is 3. The third kappa shape index (κ3) is 4.64. The number of para-hydroxylation sites is 1. The van der Waals surface area contributed by atoms with Crippen LogP contribution in [-0.4, -0.2) is 44.0 Å². The van der Waals surface area contributed by atoms with Crippen molar-refractivity contribution in [1.82, 2.24) is 20.5 Å². The topological polar surface area (TPSA) is 100 Å². The molecule has 0 unspecified atom stereocenters. The van der Waals surface area contributed by atoms with Gasteiger partial charge in [-0.05, 0) is 33.8 Å². The van der Waals surface area contributed by atoms with E-state index >= 15 is 0 Å². The van der Waals surface area contributed by atoms with Crippen molar-refractivity contribution in [2.75, 3.05) is 5.75 Å². The van der Waals surface area contributed by atoms with Crippen LogP contribution in [-0.2, 0) is 4.79 Å². The summed E-state index contributed by atoms with van der Waals surface area (Å²) >= 11 is 1.27. The lowest BCUT2D eigenvalue weighted by atomic mass is 9.79. The molecule has 1 aromatic carbocycles. The van der Waals surface area contributed by atoms with Crippen LogP contribution >= 0.6 is 11.8 Å². The molecule has 0 saturated carbocycles. The first-order chi connectivity index (χ1) is 13.7. The number of thioether (sulfide) groups is 1. The number of nitrogens with zero attached hydrogens (tertiary/aromatic N) is 2. The van der Waals surface area contributed by atoms with Crippen LogP contribution in [0.2, 0.25) is 0 Å². The molecule has 3 aromatic rings. The van der Waals surface area contributed by atoms with E-state index in [0.717, 1.165) is 29.3 Å². The number of benzene rings is 1. The number of H-pyrrole nitrogens is 1. The molecule has 1 saturated heterocycles.